The first-order valence-electron chi connectivity index (χ1n) is 35.0. The van der Waals surface area contributed by atoms with Gasteiger partial charge in [-0.25, -0.2) is 0 Å². The third-order valence-electron chi connectivity index (χ3n) is 15.0. The molecule has 0 heterocycles. The lowest BCUT2D eigenvalue weighted by Gasteiger charge is -2.18. The van der Waals surface area contributed by atoms with Crippen LogP contribution < -0.4 is 0 Å². The second-order valence-electron chi connectivity index (χ2n) is 23.0. The SMILES string of the molecule is CC/C=C\C/C=C\C/C=C\C/C=C\C/C=C\CC(=O)OCC(COC(=O)CCCCCCCCCCCCCCCCCCCCCCC/C=C\CCCCCCCCCC)OC(=O)CCCCCC/C=C\C/C=C\C/C=C\C/C=C\CC. The van der Waals surface area contributed by atoms with Gasteiger partial charge in [-0.1, -0.05) is 322 Å². The Hall–Kier alpha value is -4.19. The number of hydrogen-bond acceptors (Lipinski definition) is 6. The first kappa shape index (κ1) is 78.8. The Bertz CT molecular complexity index is 1700. The topological polar surface area (TPSA) is 78.9 Å². The summed E-state index contributed by atoms with van der Waals surface area (Å²) < 4.78 is 16.8. The molecule has 474 valence electrons. The van der Waals surface area contributed by atoms with E-state index in [0.717, 1.165) is 109 Å². The fraction of sp³-hybridized carbons (Fsp3) is 0.701. The Morgan fingerprint density at radius 1 is 0.265 bits per heavy atom. The number of hydrogen-bond donors (Lipinski definition) is 0. The zero-order chi connectivity index (χ0) is 59.9. The molecular formula is C77H130O6. The van der Waals surface area contributed by atoms with Gasteiger partial charge in [-0.05, 0) is 109 Å². The van der Waals surface area contributed by atoms with E-state index in [1.54, 1.807) is 6.08 Å². The van der Waals surface area contributed by atoms with Gasteiger partial charge in [0.1, 0.15) is 13.2 Å². The van der Waals surface area contributed by atoms with Gasteiger partial charge < -0.3 is 14.2 Å². The Balaban J connectivity index is 4.25. The fourth-order valence-electron chi connectivity index (χ4n) is 9.80. The standard InChI is InChI=1S/C77H130O6/c1-4-7-10-13-16-19-22-25-28-30-31-32-33-34-35-36-37-38-39-40-41-42-43-44-45-47-49-52-55-58-61-64-67-70-76(79)82-73-74(72-81-75(78)69-66-63-60-57-54-51-48-27-24-21-18-15-12-9-6-3)83-77(80)71-68-65-62-59-56-53-50-46-29-26-23-20-17-14-11-8-5-2/h8-9,11-12,17-18,20-21,26-27,29-31,48,50,53-54,57,63,66,74H,4-7,10,13-16,19,22-25,28,32-47,49,51-52,55-56,58-62,64-65,67-73H2,1-3H3/b11-8-,12-9-,20-17-,21-18-,29-26-,31-30-,48-27-,53-50-,57-54-,66-63-. The molecule has 0 saturated heterocycles. The highest BCUT2D eigenvalue weighted by molar-refractivity contribution is 5.72. The van der Waals surface area contributed by atoms with Gasteiger partial charge in [0.2, 0.25) is 0 Å². The van der Waals surface area contributed by atoms with Crippen LogP contribution in [0, 0.1) is 0 Å². The number of carbonyl (C=O) groups excluding carboxylic acids is 3. The van der Waals surface area contributed by atoms with E-state index in [1.807, 2.05) is 6.08 Å². The summed E-state index contributed by atoms with van der Waals surface area (Å²) in [7, 11) is 0. The number of ether oxygens (including phenoxy) is 3. The van der Waals surface area contributed by atoms with Crippen molar-refractivity contribution in [1.29, 1.82) is 0 Å². The molecule has 0 aliphatic carbocycles. The maximum Gasteiger partial charge on any atom is 0.309 e. The summed E-state index contributed by atoms with van der Waals surface area (Å²) >= 11 is 0. The van der Waals surface area contributed by atoms with Crippen molar-refractivity contribution in [3.63, 3.8) is 0 Å². The summed E-state index contributed by atoms with van der Waals surface area (Å²) in [5, 5.41) is 0. The summed E-state index contributed by atoms with van der Waals surface area (Å²) in [6, 6.07) is 0. The van der Waals surface area contributed by atoms with E-state index >= 15 is 0 Å². The van der Waals surface area contributed by atoms with Crippen molar-refractivity contribution in [3.05, 3.63) is 122 Å². The van der Waals surface area contributed by atoms with Crippen LogP contribution in [0.15, 0.2) is 122 Å². The molecule has 0 bridgehead atoms. The third kappa shape index (κ3) is 68.5. The molecule has 6 heteroatoms. The lowest BCUT2D eigenvalue weighted by atomic mass is 10.0. The summed E-state index contributed by atoms with van der Waals surface area (Å²) in [5.74, 6) is -1.07. The Labute approximate surface area is 513 Å². The van der Waals surface area contributed by atoms with Crippen LogP contribution in [0.5, 0.6) is 0 Å². The zero-order valence-electron chi connectivity index (χ0n) is 54.4. The molecule has 0 amide bonds. The highest BCUT2D eigenvalue weighted by Gasteiger charge is 2.19. The van der Waals surface area contributed by atoms with Crippen LogP contribution in [0.3, 0.4) is 0 Å². The molecule has 0 fully saturated rings. The molecule has 0 rings (SSSR count). The lowest BCUT2D eigenvalue weighted by molar-refractivity contribution is -0.166. The van der Waals surface area contributed by atoms with Gasteiger partial charge in [-0.15, -0.1) is 0 Å². The maximum absolute atomic E-state index is 12.9. The van der Waals surface area contributed by atoms with Crippen LogP contribution in [0.2, 0.25) is 0 Å². The summed E-state index contributed by atoms with van der Waals surface area (Å²) in [5.41, 5.74) is 0. The van der Waals surface area contributed by atoms with Gasteiger partial charge in [0.25, 0.3) is 0 Å². The molecule has 0 saturated carbocycles. The second-order valence-corrected chi connectivity index (χ2v) is 23.0. The van der Waals surface area contributed by atoms with Crippen molar-refractivity contribution in [2.24, 2.45) is 0 Å². The molecule has 6 nitrogen and oxygen atoms in total. The van der Waals surface area contributed by atoms with Crippen LogP contribution in [0.4, 0.5) is 0 Å². The molecular weight excluding hydrogens is 1020 g/mol. The van der Waals surface area contributed by atoms with Gasteiger partial charge in [-0.2, -0.15) is 0 Å². The number of unbranched alkanes of at least 4 members (excludes halogenated alkanes) is 33. The number of rotatable bonds is 63. The van der Waals surface area contributed by atoms with Crippen LogP contribution in [0.1, 0.15) is 329 Å². The van der Waals surface area contributed by atoms with E-state index in [4.69, 9.17) is 14.2 Å². The van der Waals surface area contributed by atoms with E-state index in [-0.39, 0.29) is 38.0 Å². The third-order valence-corrected chi connectivity index (χ3v) is 15.0. The number of carbonyl (C=O) groups is 3. The van der Waals surface area contributed by atoms with E-state index in [0.29, 0.717) is 6.42 Å². The quantitative estimate of drug-likeness (QED) is 0.0261. The van der Waals surface area contributed by atoms with Crippen LogP contribution in [0.25, 0.3) is 0 Å². The highest BCUT2D eigenvalue weighted by Crippen LogP contribution is 2.17. The minimum absolute atomic E-state index is 0.118. The molecule has 0 aromatic heterocycles. The first-order chi connectivity index (χ1) is 41.0. The van der Waals surface area contributed by atoms with Gasteiger partial charge in [0.15, 0.2) is 6.10 Å². The smallest absolute Gasteiger partial charge is 0.309 e. The molecule has 0 aliphatic heterocycles. The second kappa shape index (κ2) is 70.3. The number of esters is 3. The molecule has 1 atom stereocenters. The van der Waals surface area contributed by atoms with Crippen LogP contribution in [-0.4, -0.2) is 37.2 Å². The molecule has 0 radical (unpaired) electrons. The normalized spacial score (nSPS) is 12.9. The molecule has 1 unspecified atom stereocenters. The number of allylic oxidation sites excluding steroid dienone is 19. The fourth-order valence-corrected chi connectivity index (χ4v) is 9.80. The first-order valence-corrected chi connectivity index (χ1v) is 35.0. The Kier molecular flexibility index (Phi) is 66.7. The molecule has 83 heavy (non-hydrogen) atoms. The highest BCUT2D eigenvalue weighted by atomic mass is 16.6. The van der Waals surface area contributed by atoms with Crippen LogP contribution >= 0.6 is 0 Å². The van der Waals surface area contributed by atoms with E-state index < -0.39 is 12.1 Å². The van der Waals surface area contributed by atoms with Crippen molar-refractivity contribution in [2.45, 2.75) is 335 Å². The van der Waals surface area contributed by atoms with Gasteiger partial charge in [0.05, 0.1) is 6.42 Å². The summed E-state index contributed by atoms with van der Waals surface area (Å²) in [6.07, 6.45) is 98.5. The van der Waals surface area contributed by atoms with E-state index in [2.05, 4.69) is 130 Å². The van der Waals surface area contributed by atoms with E-state index in [9.17, 15) is 14.4 Å². The zero-order valence-corrected chi connectivity index (χ0v) is 54.4. The monoisotopic (exact) mass is 1150 g/mol. The Morgan fingerprint density at radius 3 is 0.855 bits per heavy atom. The average molecular weight is 1150 g/mol. The van der Waals surface area contributed by atoms with Gasteiger partial charge >= 0.3 is 17.9 Å². The van der Waals surface area contributed by atoms with Crippen molar-refractivity contribution in [1.82, 2.24) is 0 Å². The van der Waals surface area contributed by atoms with Crippen molar-refractivity contribution in [2.75, 3.05) is 13.2 Å². The predicted molar refractivity (Wildman–Crippen MR) is 362 cm³/mol. The maximum atomic E-state index is 12.9. The molecule has 0 aromatic carbocycles. The van der Waals surface area contributed by atoms with Crippen LogP contribution in [-0.2, 0) is 28.6 Å². The molecule has 0 N–H and O–H groups in total. The van der Waals surface area contributed by atoms with E-state index in [1.165, 1.54) is 180 Å². The largest absolute Gasteiger partial charge is 0.462 e. The minimum Gasteiger partial charge on any atom is -0.462 e. The molecule has 0 spiro atoms. The predicted octanol–water partition coefficient (Wildman–Crippen LogP) is 24.3. The van der Waals surface area contributed by atoms with Gasteiger partial charge in [-0.3, -0.25) is 14.4 Å². The Morgan fingerprint density at radius 2 is 0.518 bits per heavy atom. The molecule has 0 aromatic rings. The molecule has 0 aliphatic rings. The van der Waals surface area contributed by atoms with Crippen molar-refractivity contribution < 1.29 is 28.6 Å². The average Bonchev–Trinajstić information content (AvgIpc) is 3.49. The summed E-state index contributed by atoms with van der Waals surface area (Å²) in [6.45, 7) is 6.33. The minimum atomic E-state index is -0.835. The van der Waals surface area contributed by atoms with Crippen molar-refractivity contribution >= 4 is 17.9 Å². The van der Waals surface area contributed by atoms with Crippen molar-refractivity contribution in [3.8, 4) is 0 Å². The lowest BCUT2D eigenvalue weighted by Crippen LogP contribution is -2.30. The summed E-state index contributed by atoms with van der Waals surface area (Å²) in [4.78, 5) is 38.3. The van der Waals surface area contributed by atoms with Gasteiger partial charge in [0, 0.05) is 12.8 Å².